The van der Waals surface area contributed by atoms with Crippen molar-refractivity contribution in [3.05, 3.63) is 70.5 Å². The van der Waals surface area contributed by atoms with Crippen molar-refractivity contribution in [1.82, 2.24) is 0 Å². The van der Waals surface area contributed by atoms with E-state index in [1.54, 1.807) is 6.07 Å². The first-order valence-electron chi connectivity index (χ1n) is 7.59. The predicted octanol–water partition coefficient (Wildman–Crippen LogP) is 3.94. The molecule has 0 aromatic heterocycles. The van der Waals surface area contributed by atoms with Crippen molar-refractivity contribution in [1.29, 1.82) is 0 Å². The van der Waals surface area contributed by atoms with Crippen molar-refractivity contribution in [3.8, 4) is 0 Å². The fourth-order valence-electron chi connectivity index (χ4n) is 3.61. The fraction of sp³-hybridized carbons (Fsp3) is 0.368. The molecule has 1 aliphatic carbocycles. The van der Waals surface area contributed by atoms with Crippen LogP contribution in [0.1, 0.15) is 35.1 Å². The number of hydrogen-bond donors (Lipinski definition) is 1. The Balaban J connectivity index is 2.04. The minimum atomic E-state index is -0.270. The minimum absolute atomic E-state index is 0.111. The lowest BCUT2D eigenvalue weighted by atomic mass is 9.67. The highest BCUT2D eigenvalue weighted by Gasteiger charge is 2.36. The van der Waals surface area contributed by atoms with Gasteiger partial charge in [0.1, 0.15) is 5.82 Å². The number of halogens is 1. The smallest absolute Gasteiger partial charge is 0.123 e. The zero-order valence-electron chi connectivity index (χ0n) is 12.4. The molecule has 2 aromatic rings. The lowest BCUT2D eigenvalue weighted by Gasteiger charge is -2.38. The molecule has 1 unspecified atom stereocenters. The van der Waals surface area contributed by atoms with Gasteiger partial charge in [-0.3, -0.25) is 0 Å². The molecule has 0 fully saturated rings. The van der Waals surface area contributed by atoms with E-state index < -0.39 is 0 Å². The summed E-state index contributed by atoms with van der Waals surface area (Å²) in [5.74, 6) is -0.201. The molecule has 3 rings (SSSR count). The van der Waals surface area contributed by atoms with Crippen LogP contribution >= 0.6 is 0 Å². The van der Waals surface area contributed by atoms with Gasteiger partial charge in [-0.2, -0.15) is 0 Å². The first-order chi connectivity index (χ1) is 10.1. The Bertz CT molecular complexity index is 650. The van der Waals surface area contributed by atoms with Gasteiger partial charge in [0.2, 0.25) is 0 Å². The topological polar surface area (TPSA) is 20.2 Å². The Labute approximate surface area is 125 Å². The molecule has 0 aliphatic heterocycles. The van der Waals surface area contributed by atoms with Crippen LogP contribution in [0.15, 0.2) is 42.5 Å². The monoisotopic (exact) mass is 284 g/mol. The van der Waals surface area contributed by atoms with Gasteiger partial charge in [-0.1, -0.05) is 30.3 Å². The van der Waals surface area contributed by atoms with Crippen LogP contribution in [0.5, 0.6) is 0 Å². The van der Waals surface area contributed by atoms with E-state index in [0.717, 1.165) is 30.4 Å². The number of aliphatic hydroxyl groups is 1. The number of hydrogen-bond acceptors (Lipinski definition) is 1. The number of aryl methyl sites for hydroxylation is 2. The van der Waals surface area contributed by atoms with Gasteiger partial charge in [0.05, 0.1) is 6.61 Å². The van der Waals surface area contributed by atoms with E-state index in [2.05, 4.69) is 18.2 Å². The van der Waals surface area contributed by atoms with Crippen molar-refractivity contribution >= 4 is 0 Å². The largest absolute Gasteiger partial charge is 0.395 e. The second-order valence-electron chi connectivity index (χ2n) is 6.20. The van der Waals surface area contributed by atoms with Gasteiger partial charge >= 0.3 is 0 Å². The molecular formula is C19H21FO. The highest BCUT2D eigenvalue weighted by molar-refractivity contribution is 5.40. The molecular weight excluding hydrogens is 263 g/mol. The van der Waals surface area contributed by atoms with Crippen molar-refractivity contribution < 1.29 is 9.50 Å². The third-order valence-electron chi connectivity index (χ3n) is 4.83. The van der Waals surface area contributed by atoms with E-state index in [9.17, 15) is 9.50 Å². The maximum Gasteiger partial charge on any atom is 0.123 e. The van der Waals surface area contributed by atoms with Crippen LogP contribution in [0.3, 0.4) is 0 Å². The second kappa shape index (κ2) is 5.61. The number of rotatable bonds is 3. The molecule has 21 heavy (non-hydrogen) atoms. The molecule has 0 saturated carbocycles. The van der Waals surface area contributed by atoms with Crippen LogP contribution in [0.4, 0.5) is 4.39 Å². The average Bonchev–Trinajstić information content (AvgIpc) is 2.51. The van der Waals surface area contributed by atoms with Gasteiger partial charge in [0.15, 0.2) is 0 Å². The van der Waals surface area contributed by atoms with Gasteiger partial charge < -0.3 is 5.11 Å². The molecule has 0 amide bonds. The first-order valence-corrected chi connectivity index (χ1v) is 7.59. The maximum absolute atomic E-state index is 13.6. The normalized spacial score (nSPS) is 21.1. The molecule has 2 aromatic carbocycles. The summed E-state index contributed by atoms with van der Waals surface area (Å²) in [5, 5.41) is 10.1. The van der Waals surface area contributed by atoms with E-state index >= 15 is 0 Å². The summed E-state index contributed by atoms with van der Waals surface area (Å²) in [4.78, 5) is 0. The highest BCUT2D eigenvalue weighted by atomic mass is 19.1. The van der Waals surface area contributed by atoms with Gasteiger partial charge in [0, 0.05) is 5.41 Å². The van der Waals surface area contributed by atoms with Crippen LogP contribution < -0.4 is 0 Å². The van der Waals surface area contributed by atoms with Crippen LogP contribution in [-0.4, -0.2) is 11.7 Å². The molecule has 1 atom stereocenters. The Kier molecular flexibility index (Phi) is 3.81. The first kappa shape index (κ1) is 14.3. The summed E-state index contributed by atoms with van der Waals surface area (Å²) < 4.78 is 13.6. The minimum Gasteiger partial charge on any atom is -0.395 e. The molecule has 0 spiro atoms. The molecule has 110 valence electrons. The predicted molar refractivity (Wildman–Crippen MR) is 83.0 cm³/mol. The average molecular weight is 284 g/mol. The number of aliphatic hydroxyl groups excluding tert-OH is 1. The maximum atomic E-state index is 13.6. The van der Waals surface area contributed by atoms with E-state index in [1.807, 2.05) is 19.1 Å². The molecule has 0 heterocycles. The Morgan fingerprint density at radius 1 is 1.19 bits per heavy atom. The zero-order valence-corrected chi connectivity index (χ0v) is 12.4. The number of benzene rings is 2. The fourth-order valence-corrected chi connectivity index (χ4v) is 3.61. The standard InChI is InChI=1S/C19H21FO/c1-14-8-9-17(20)11-16(14)12-19(13-21)10-4-6-15-5-2-3-7-18(15)19/h2-3,5,7-9,11,21H,4,6,10,12-13H2,1H3. The summed E-state index contributed by atoms with van der Waals surface area (Å²) in [6.45, 7) is 2.12. The summed E-state index contributed by atoms with van der Waals surface area (Å²) in [7, 11) is 0. The molecule has 0 radical (unpaired) electrons. The summed E-state index contributed by atoms with van der Waals surface area (Å²) >= 11 is 0. The summed E-state index contributed by atoms with van der Waals surface area (Å²) in [5.41, 5.74) is 4.38. The Morgan fingerprint density at radius 3 is 2.81 bits per heavy atom. The molecule has 2 heteroatoms. The van der Waals surface area contributed by atoms with Crippen molar-refractivity contribution in [2.75, 3.05) is 6.61 Å². The van der Waals surface area contributed by atoms with E-state index in [1.165, 1.54) is 17.2 Å². The zero-order chi connectivity index (χ0) is 14.9. The lowest BCUT2D eigenvalue weighted by Crippen LogP contribution is -2.37. The second-order valence-corrected chi connectivity index (χ2v) is 6.20. The lowest BCUT2D eigenvalue weighted by molar-refractivity contribution is 0.173. The van der Waals surface area contributed by atoms with Crippen LogP contribution in [-0.2, 0) is 18.3 Å². The molecule has 0 saturated heterocycles. The molecule has 1 nitrogen and oxygen atoms in total. The highest BCUT2D eigenvalue weighted by Crippen LogP contribution is 2.40. The van der Waals surface area contributed by atoms with E-state index in [0.29, 0.717) is 6.42 Å². The summed E-state index contributed by atoms with van der Waals surface area (Å²) in [6, 6.07) is 13.3. The number of fused-ring (bicyclic) bond motifs is 1. The van der Waals surface area contributed by atoms with E-state index in [-0.39, 0.29) is 17.8 Å². The third kappa shape index (κ3) is 2.60. The Morgan fingerprint density at radius 2 is 2.00 bits per heavy atom. The van der Waals surface area contributed by atoms with Gasteiger partial charge in [-0.15, -0.1) is 0 Å². The van der Waals surface area contributed by atoms with Crippen molar-refractivity contribution in [2.24, 2.45) is 0 Å². The van der Waals surface area contributed by atoms with Gasteiger partial charge in [0.25, 0.3) is 0 Å². The summed E-state index contributed by atoms with van der Waals surface area (Å²) in [6.07, 6.45) is 3.80. The SMILES string of the molecule is Cc1ccc(F)cc1CC1(CO)CCCc2ccccc21. The third-order valence-corrected chi connectivity index (χ3v) is 4.83. The van der Waals surface area contributed by atoms with Gasteiger partial charge in [-0.25, -0.2) is 4.39 Å². The molecule has 0 bridgehead atoms. The van der Waals surface area contributed by atoms with Gasteiger partial charge in [-0.05, 0) is 67.0 Å². The van der Waals surface area contributed by atoms with Crippen molar-refractivity contribution in [2.45, 2.75) is 38.0 Å². The van der Waals surface area contributed by atoms with E-state index in [4.69, 9.17) is 0 Å². The van der Waals surface area contributed by atoms with Crippen LogP contribution in [0, 0.1) is 12.7 Å². The molecule has 1 aliphatic rings. The molecule has 1 N–H and O–H groups in total. The van der Waals surface area contributed by atoms with Crippen LogP contribution in [0.25, 0.3) is 0 Å². The van der Waals surface area contributed by atoms with Crippen LogP contribution in [0.2, 0.25) is 0 Å². The quantitative estimate of drug-likeness (QED) is 0.905. The van der Waals surface area contributed by atoms with Crippen molar-refractivity contribution in [3.63, 3.8) is 0 Å². The Hall–Kier alpha value is -1.67.